The van der Waals surface area contributed by atoms with Gasteiger partial charge in [-0.25, -0.2) is 13.6 Å². The zero-order chi connectivity index (χ0) is 21.2. The fourth-order valence-corrected chi connectivity index (χ4v) is 2.73. The third kappa shape index (κ3) is 3.89. The first-order chi connectivity index (χ1) is 13.1. The molecule has 0 unspecified atom stereocenters. The van der Waals surface area contributed by atoms with Gasteiger partial charge in [0, 0.05) is 6.42 Å². The summed E-state index contributed by atoms with van der Waals surface area (Å²) < 4.78 is 32.5. The molecule has 0 aromatic heterocycles. The Morgan fingerprint density at radius 3 is 2.18 bits per heavy atom. The van der Waals surface area contributed by atoms with Crippen LogP contribution in [0.5, 0.6) is 11.5 Å². The van der Waals surface area contributed by atoms with E-state index < -0.39 is 62.6 Å². The summed E-state index contributed by atoms with van der Waals surface area (Å²) in [6.45, 7) is 0. The first kappa shape index (κ1) is 21.1. The van der Waals surface area contributed by atoms with E-state index in [1.165, 1.54) is 0 Å². The van der Waals surface area contributed by atoms with E-state index in [1.54, 1.807) is 0 Å². The molecule has 7 nitrogen and oxygen atoms in total. The van der Waals surface area contributed by atoms with Crippen molar-refractivity contribution in [2.24, 2.45) is 0 Å². The number of benzene rings is 2. The molecular formula is C18H13ClF2O7. The topological polar surface area (TPSA) is 121 Å². The molecule has 0 saturated heterocycles. The molecule has 0 aliphatic rings. The average Bonchev–Trinajstić information content (AvgIpc) is 2.66. The minimum atomic E-state index is -1.89. The summed E-state index contributed by atoms with van der Waals surface area (Å²) in [4.78, 5) is 35.3. The number of carboxylic acids is 1. The molecular weight excluding hydrogens is 402 g/mol. The summed E-state index contributed by atoms with van der Waals surface area (Å²) in [5, 5.41) is 28.5. The molecule has 0 amide bonds. The van der Waals surface area contributed by atoms with Crippen molar-refractivity contribution in [3.63, 3.8) is 0 Å². The van der Waals surface area contributed by atoms with Gasteiger partial charge in [0.25, 0.3) is 0 Å². The SMILES string of the molecule is COC(=O)CCc1cc(C(=O)c2c(F)ccc(F)c2C(=O)O)c(O)c(Cl)c1O. The van der Waals surface area contributed by atoms with Gasteiger partial charge in [-0.05, 0) is 30.2 Å². The van der Waals surface area contributed by atoms with Crippen LogP contribution in [0.25, 0.3) is 0 Å². The second-order valence-electron chi connectivity index (χ2n) is 5.58. The minimum absolute atomic E-state index is 0.0646. The van der Waals surface area contributed by atoms with Gasteiger partial charge in [0.1, 0.15) is 33.7 Å². The van der Waals surface area contributed by atoms with Gasteiger partial charge in [0.05, 0.1) is 18.2 Å². The molecule has 2 rings (SSSR count). The lowest BCUT2D eigenvalue weighted by atomic mass is 9.94. The van der Waals surface area contributed by atoms with Crippen molar-refractivity contribution in [1.29, 1.82) is 0 Å². The molecule has 10 heteroatoms. The molecule has 0 fully saturated rings. The van der Waals surface area contributed by atoms with Crippen molar-refractivity contribution in [2.45, 2.75) is 12.8 Å². The van der Waals surface area contributed by atoms with Crippen molar-refractivity contribution in [3.8, 4) is 11.5 Å². The molecule has 0 bridgehead atoms. The Labute approximate surface area is 161 Å². The van der Waals surface area contributed by atoms with E-state index in [4.69, 9.17) is 16.7 Å². The van der Waals surface area contributed by atoms with Gasteiger partial charge in [-0.1, -0.05) is 11.6 Å². The molecule has 0 atom stereocenters. The number of phenolic OH excluding ortho intramolecular Hbond substituents is 2. The third-order valence-corrected chi connectivity index (χ3v) is 4.27. The lowest BCUT2D eigenvalue weighted by Gasteiger charge is -2.13. The first-order valence-electron chi connectivity index (χ1n) is 7.66. The fourth-order valence-electron chi connectivity index (χ4n) is 2.50. The van der Waals surface area contributed by atoms with E-state index in [2.05, 4.69) is 4.74 Å². The Hall–Kier alpha value is -3.20. The highest BCUT2D eigenvalue weighted by molar-refractivity contribution is 6.34. The highest BCUT2D eigenvalue weighted by atomic mass is 35.5. The number of ether oxygens (including phenoxy) is 1. The maximum atomic E-state index is 14.2. The zero-order valence-corrected chi connectivity index (χ0v) is 15.0. The van der Waals surface area contributed by atoms with Crippen LogP contribution in [-0.2, 0) is 16.0 Å². The molecule has 0 aliphatic heterocycles. The number of carbonyl (C=O) groups is 3. The van der Waals surface area contributed by atoms with Crippen LogP contribution in [0.15, 0.2) is 18.2 Å². The fraction of sp³-hybridized carbons (Fsp3) is 0.167. The van der Waals surface area contributed by atoms with Gasteiger partial charge in [0.15, 0.2) is 0 Å². The molecule has 0 heterocycles. The van der Waals surface area contributed by atoms with Gasteiger partial charge in [-0.15, -0.1) is 0 Å². The number of hydrogen-bond acceptors (Lipinski definition) is 6. The van der Waals surface area contributed by atoms with E-state index in [0.29, 0.717) is 12.1 Å². The number of aryl methyl sites for hydroxylation is 1. The van der Waals surface area contributed by atoms with Gasteiger partial charge < -0.3 is 20.1 Å². The summed E-state index contributed by atoms with van der Waals surface area (Å²) in [6.07, 6.45) is -0.371. The zero-order valence-electron chi connectivity index (χ0n) is 14.3. The summed E-state index contributed by atoms with van der Waals surface area (Å²) in [5.74, 6) is -8.16. The molecule has 0 aliphatic carbocycles. The molecule has 0 saturated carbocycles. The highest BCUT2D eigenvalue weighted by Crippen LogP contribution is 2.40. The standard InChI is InChI=1S/C18H13ClF2O7/c1-28-11(22)5-2-7-6-8(17(25)14(19)15(7)23)16(24)12-9(20)3-4-10(21)13(12)18(26)27/h3-4,6,23,25H,2,5H2,1H3,(H,26,27). The van der Waals surface area contributed by atoms with Crippen LogP contribution in [0.4, 0.5) is 8.78 Å². The average molecular weight is 415 g/mol. The number of methoxy groups -OCH3 is 1. The van der Waals surface area contributed by atoms with Gasteiger partial charge in [0.2, 0.25) is 5.78 Å². The predicted molar refractivity (Wildman–Crippen MR) is 91.9 cm³/mol. The molecule has 28 heavy (non-hydrogen) atoms. The minimum Gasteiger partial charge on any atom is -0.506 e. The number of ketones is 1. The summed E-state index contributed by atoms with van der Waals surface area (Å²) in [6, 6.07) is 2.02. The Balaban J connectivity index is 2.64. The lowest BCUT2D eigenvalue weighted by Crippen LogP contribution is -2.15. The van der Waals surface area contributed by atoms with Gasteiger partial charge >= 0.3 is 11.9 Å². The summed E-state index contributed by atoms with van der Waals surface area (Å²) in [5.41, 5.74) is -3.08. The Morgan fingerprint density at radius 2 is 1.64 bits per heavy atom. The molecule has 3 N–H and O–H groups in total. The smallest absolute Gasteiger partial charge is 0.339 e. The maximum Gasteiger partial charge on any atom is 0.339 e. The van der Waals surface area contributed by atoms with Crippen LogP contribution in [-0.4, -0.2) is 40.2 Å². The van der Waals surface area contributed by atoms with Gasteiger partial charge in [-0.2, -0.15) is 0 Å². The van der Waals surface area contributed by atoms with E-state index >= 15 is 0 Å². The molecule has 148 valence electrons. The van der Waals surface area contributed by atoms with Crippen LogP contribution in [0.2, 0.25) is 5.02 Å². The highest BCUT2D eigenvalue weighted by Gasteiger charge is 2.29. The van der Waals surface area contributed by atoms with Crippen LogP contribution in [0.1, 0.15) is 38.3 Å². The van der Waals surface area contributed by atoms with Crippen LogP contribution in [0, 0.1) is 11.6 Å². The number of phenols is 2. The molecule has 2 aromatic carbocycles. The number of carboxylic acid groups (broad SMARTS) is 1. The Morgan fingerprint density at radius 1 is 1.07 bits per heavy atom. The van der Waals surface area contributed by atoms with Crippen molar-refractivity contribution in [2.75, 3.05) is 7.11 Å². The number of halogens is 3. The number of carbonyl (C=O) groups excluding carboxylic acids is 2. The maximum absolute atomic E-state index is 14.2. The molecule has 2 aromatic rings. The van der Waals surface area contributed by atoms with Crippen molar-refractivity contribution in [1.82, 2.24) is 0 Å². The number of aromatic hydroxyl groups is 2. The number of hydrogen-bond donors (Lipinski definition) is 3. The van der Waals surface area contributed by atoms with E-state index in [-0.39, 0.29) is 18.4 Å². The van der Waals surface area contributed by atoms with Crippen molar-refractivity contribution in [3.05, 3.63) is 57.1 Å². The van der Waals surface area contributed by atoms with Crippen molar-refractivity contribution >= 4 is 29.3 Å². The second-order valence-corrected chi connectivity index (χ2v) is 5.96. The van der Waals surface area contributed by atoms with Crippen LogP contribution < -0.4 is 0 Å². The predicted octanol–water partition coefficient (Wildman–Crippen LogP) is 3.06. The number of aromatic carboxylic acids is 1. The monoisotopic (exact) mass is 414 g/mol. The van der Waals surface area contributed by atoms with Crippen molar-refractivity contribution < 1.29 is 43.2 Å². The Bertz CT molecular complexity index is 989. The number of esters is 1. The van der Waals surface area contributed by atoms with Gasteiger partial charge in [-0.3, -0.25) is 9.59 Å². The second kappa shape index (κ2) is 8.22. The molecule has 0 radical (unpaired) electrons. The lowest BCUT2D eigenvalue weighted by molar-refractivity contribution is -0.140. The van der Waals surface area contributed by atoms with E-state index in [1.807, 2.05) is 0 Å². The number of rotatable bonds is 6. The largest absolute Gasteiger partial charge is 0.506 e. The first-order valence-corrected chi connectivity index (χ1v) is 8.04. The molecule has 0 spiro atoms. The van der Waals surface area contributed by atoms with Crippen LogP contribution >= 0.6 is 11.6 Å². The summed E-state index contributed by atoms with van der Waals surface area (Å²) >= 11 is 5.79. The normalized spacial score (nSPS) is 10.6. The van der Waals surface area contributed by atoms with E-state index in [9.17, 15) is 33.4 Å². The van der Waals surface area contributed by atoms with Crippen LogP contribution in [0.3, 0.4) is 0 Å². The third-order valence-electron chi connectivity index (χ3n) is 3.91. The summed E-state index contributed by atoms with van der Waals surface area (Å²) in [7, 11) is 1.14. The van der Waals surface area contributed by atoms with E-state index in [0.717, 1.165) is 13.2 Å². The Kier molecular flexibility index (Phi) is 6.19. The quantitative estimate of drug-likeness (QED) is 0.490.